The molecule has 0 aromatic heterocycles. The molecule has 0 bridgehead atoms. The number of carbonyl (C=O) groups excluding carboxylic acids is 1. The van der Waals surface area contributed by atoms with Crippen LogP contribution >= 0.6 is 0 Å². The first-order valence-electron chi connectivity index (χ1n) is 5.70. The zero-order valence-electron chi connectivity index (χ0n) is 9.00. The van der Waals surface area contributed by atoms with Crippen LogP contribution in [0.5, 0.6) is 0 Å². The summed E-state index contributed by atoms with van der Waals surface area (Å²) in [6.07, 6.45) is 11.5. The van der Waals surface area contributed by atoms with E-state index >= 15 is 0 Å². The monoisotopic (exact) mass is 196 g/mol. The fraction of sp³-hybridized carbons (Fsp3) is 0.750. The zero-order valence-corrected chi connectivity index (χ0v) is 9.00. The van der Waals surface area contributed by atoms with Gasteiger partial charge in [-0.25, -0.2) is 4.79 Å². The molecule has 0 unspecified atom stereocenters. The molecule has 0 N–H and O–H groups in total. The number of carbonyl (C=O) groups is 1. The third-order valence-corrected chi connectivity index (χ3v) is 2.54. The van der Waals surface area contributed by atoms with Gasteiger partial charge in [-0.1, -0.05) is 25.8 Å². The van der Waals surface area contributed by atoms with E-state index in [0.29, 0.717) is 0 Å². The summed E-state index contributed by atoms with van der Waals surface area (Å²) in [5, 5.41) is 0. The second kappa shape index (κ2) is 6.63. The first-order chi connectivity index (χ1) is 6.83. The molecule has 0 saturated heterocycles. The van der Waals surface area contributed by atoms with Crippen molar-refractivity contribution >= 4 is 5.97 Å². The molecule has 1 aliphatic rings. The third-order valence-electron chi connectivity index (χ3n) is 2.54. The van der Waals surface area contributed by atoms with Gasteiger partial charge >= 0.3 is 5.97 Å². The number of unbranched alkanes of at least 4 members (excludes halogenated alkanes) is 1. The van der Waals surface area contributed by atoms with Gasteiger partial charge in [-0.15, -0.1) is 0 Å². The lowest BCUT2D eigenvalue weighted by atomic mass is 9.98. The molecule has 0 spiro atoms. The van der Waals surface area contributed by atoms with Gasteiger partial charge in [-0.2, -0.15) is 0 Å². The second-order valence-electron chi connectivity index (χ2n) is 3.89. The highest BCUT2D eigenvalue weighted by atomic mass is 16.5. The summed E-state index contributed by atoms with van der Waals surface area (Å²) in [7, 11) is 0. The maximum absolute atomic E-state index is 11.3. The summed E-state index contributed by atoms with van der Waals surface area (Å²) in [4.78, 5) is 11.3. The molecule has 0 aromatic carbocycles. The van der Waals surface area contributed by atoms with Crippen molar-refractivity contribution in [1.82, 2.24) is 0 Å². The minimum atomic E-state index is -0.162. The van der Waals surface area contributed by atoms with Crippen molar-refractivity contribution in [3.63, 3.8) is 0 Å². The van der Waals surface area contributed by atoms with Crippen molar-refractivity contribution in [1.29, 1.82) is 0 Å². The van der Waals surface area contributed by atoms with Gasteiger partial charge in [-0.3, -0.25) is 0 Å². The second-order valence-corrected chi connectivity index (χ2v) is 3.89. The highest BCUT2D eigenvalue weighted by molar-refractivity contribution is 5.82. The molecule has 0 heterocycles. The highest BCUT2D eigenvalue weighted by Gasteiger charge is 2.15. The van der Waals surface area contributed by atoms with Crippen LogP contribution < -0.4 is 0 Å². The van der Waals surface area contributed by atoms with Crippen molar-refractivity contribution < 1.29 is 9.53 Å². The van der Waals surface area contributed by atoms with Crippen molar-refractivity contribution in [2.45, 2.75) is 58.0 Å². The SMILES string of the molecule is CCCC=CC(=O)OC1CCCCC1. The highest BCUT2D eigenvalue weighted by Crippen LogP contribution is 2.20. The van der Waals surface area contributed by atoms with E-state index in [0.717, 1.165) is 25.7 Å². The Morgan fingerprint density at radius 1 is 1.36 bits per heavy atom. The molecule has 0 aromatic rings. The predicted molar refractivity (Wildman–Crippen MR) is 57.0 cm³/mol. The Labute approximate surface area is 86.3 Å². The van der Waals surface area contributed by atoms with Crippen molar-refractivity contribution in [3.05, 3.63) is 12.2 Å². The lowest BCUT2D eigenvalue weighted by molar-refractivity contribution is -0.144. The number of allylic oxidation sites excluding steroid dienone is 1. The molecule has 1 fully saturated rings. The van der Waals surface area contributed by atoms with Crippen molar-refractivity contribution in [2.75, 3.05) is 0 Å². The maximum atomic E-state index is 11.3. The molecule has 1 aliphatic carbocycles. The molecule has 1 saturated carbocycles. The summed E-state index contributed by atoms with van der Waals surface area (Å²) >= 11 is 0. The van der Waals surface area contributed by atoms with Crippen LogP contribution in [-0.2, 0) is 9.53 Å². The maximum Gasteiger partial charge on any atom is 0.330 e. The fourth-order valence-corrected chi connectivity index (χ4v) is 1.73. The van der Waals surface area contributed by atoms with Crippen molar-refractivity contribution in [3.8, 4) is 0 Å². The van der Waals surface area contributed by atoms with E-state index < -0.39 is 0 Å². The summed E-state index contributed by atoms with van der Waals surface area (Å²) < 4.78 is 5.31. The Morgan fingerprint density at radius 3 is 2.71 bits per heavy atom. The molecule has 0 radical (unpaired) electrons. The minimum Gasteiger partial charge on any atom is -0.459 e. The molecule has 14 heavy (non-hydrogen) atoms. The summed E-state index contributed by atoms with van der Waals surface area (Å²) in [5.74, 6) is -0.162. The quantitative estimate of drug-likeness (QED) is 0.509. The lowest BCUT2D eigenvalue weighted by Crippen LogP contribution is -2.19. The predicted octanol–water partition coefficient (Wildman–Crippen LogP) is 3.22. The first-order valence-corrected chi connectivity index (χ1v) is 5.70. The molecular weight excluding hydrogens is 176 g/mol. The van der Waals surface area contributed by atoms with E-state index in [9.17, 15) is 4.79 Å². The molecule has 0 aliphatic heterocycles. The molecule has 0 amide bonds. The van der Waals surface area contributed by atoms with Gasteiger partial charge in [0.2, 0.25) is 0 Å². The standard InChI is InChI=1S/C12H20O2/c1-2-3-5-10-12(13)14-11-8-6-4-7-9-11/h5,10-11H,2-4,6-9H2,1H3. The third kappa shape index (κ3) is 4.45. The average molecular weight is 196 g/mol. The van der Waals surface area contributed by atoms with Crippen LogP contribution in [0.4, 0.5) is 0 Å². The number of ether oxygens (including phenoxy) is 1. The summed E-state index contributed by atoms with van der Waals surface area (Å²) in [5.41, 5.74) is 0. The zero-order chi connectivity index (χ0) is 10.2. The van der Waals surface area contributed by atoms with E-state index in [1.807, 2.05) is 6.08 Å². The number of rotatable bonds is 4. The van der Waals surface area contributed by atoms with E-state index in [2.05, 4.69) is 6.92 Å². The van der Waals surface area contributed by atoms with Crippen LogP contribution in [0.15, 0.2) is 12.2 Å². The Hall–Kier alpha value is -0.790. The number of esters is 1. The Kier molecular flexibility index (Phi) is 5.35. The van der Waals surface area contributed by atoms with Crippen LogP contribution in [0, 0.1) is 0 Å². The topological polar surface area (TPSA) is 26.3 Å². The van der Waals surface area contributed by atoms with E-state index in [-0.39, 0.29) is 12.1 Å². The van der Waals surface area contributed by atoms with Gasteiger partial charge in [0.1, 0.15) is 6.10 Å². The van der Waals surface area contributed by atoms with Crippen LogP contribution in [0.3, 0.4) is 0 Å². The van der Waals surface area contributed by atoms with Crippen molar-refractivity contribution in [2.24, 2.45) is 0 Å². The van der Waals surface area contributed by atoms with Gasteiger partial charge in [0.05, 0.1) is 0 Å². The van der Waals surface area contributed by atoms with E-state index in [1.54, 1.807) is 6.08 Å². The number of hydrogen-bond donors (Lipinski definition) is 0. The van der Waals surface area contributed by atoms with Crippen LogP contribution in [0.2, 0.25) is 0 Å². The molecular formula is C12H20O2. The van der Waals surface area contributed by atoms with Crippen LogP contribution in [0.1, 0.15) is 51.9 Å². The van der Waals surface area contributed by atoms with E-state index in [4.69, 9.17) is 4.74 Å². The van der Waals surface area contributed by atoms with Gasteiger partial charge in [0.15, 0.2) is 0 Å². The van der Waals surface area contributed by atoms with Gasteiger partial charge in [0.25, 0.3) is 0 Å². The van der Waals surface area contributed by atoms with Crippen LogP contribution in [-0.4, -0.2) is 12.1 Å². The molecule has 2 heteroatoms. The summed E-state index contributed by atoms with van der Waals surface area (Å²) in [6, 6.07) is 0. The van der Waals surface area contributed by atoms with Gasteiger partial charge < -0.3 is 4.74 Å². The molecule has 80 valence electrons. The fourth-order valence-electron chi connectivity index (χ4n) is 1.73. The van der Waals surface area contributed by atoms with E-state index in [1.165, 1.54) is 19.3 Å². The van der Waals surface area contributed by atoms with Gasteiger partial charge in [0, 0.05) is 6.08 Å². The Bertz CT molecular complexity index is 190. The largest absolute Gasteiger partial charge is 0.459 e. The minimum absolute atomic E-state index is 0.162. The summed E-state index contributed by atoms with van der Waals surface area (Å²) in [6.45, 7) is 2.09. The molecule has 2 nitrogen and oxygen atoms in total. The lowest BCUT2D eigenvalue weighted by Gasteiger charge is -2.20. The Morgan fingerprint density at radius 2 is 2.07 bits per heavy atom. The average Bonchev–Trinajstić information content (AvgIpc) is 2.20. The number of hydrogen-bond acceptors (Lipinski definition) is 2. The smallest absolute Gasteiger partial charge is 0.330 e. The first kappa shape index (κ1) is 11.3. The molecule has 0 atom stereocenters. The Balaban J connectivity index is 2.18. The van der Waals surface area contributed by atoms with Crippen LogP contribution in [0.25, 0.3) is 0 Å². The van der Waals surface area contributed by atoms with Gasteiger partial charge in [-0.05, 0) is 32.1 Å². The molecule has 1 rings (SSSR count). The normalized spacial score (nSPS) is 18.6.